The minimum atomic E-state index is -0.911. The SMILES string of the molecule is CC(=CC=C/C(C)=C(/CCN1CCCC1=O)C(=O)O)/C=C/C1=C(C)CCCC1(C)C. The van der Waals surface area contributed by atoms with Gasteiger partial charge in [-0.2, -0.15) is 0 Å². The first-order chi connectivity index (χ1) is 14.1. The lowest BCUT2D eigenvalue weighted by molar-refractivity contribution is -0.133. The molecule has 0 bridgehead atoms. The molecule has 1 amide bonds. The van der Waals surface area contributed by atoms with Crippen molar-refractivity contribution in [3.63, 3.8) is 0 Å². The highest BCUT2D eigenvalue weighted by molar-refractivity contribution is 5.88. The summed E-state index contributed by atoms with van der Waals surface area (Å²) in [5, 5.41) is 9.57. The second-order valence-corrected chi connectivity index (χ2v) is 9.24. The molecular weight excluding hydrogens is 374 g/mol. The summed E-state index contributed by atoms with van der Waals surface area (Å²) in [6.45, 7) is 12.0. The maximum Gasteiger partial charge on any atom is 0.331 e. The van der Waals surface area contributed by atoms with E-state index in [-0.39, 0.29) is 11.3 Å². The Morgan fingerprint density at radius 2 is 1.90 bits per heavy atom. The number of hydrogen-bond acceptors (Lipinski definition) is 2. The number of rotatable bonds is 8. The third kappa shape index (κ3) is 6.58. The molecule has 1 aliphatic heterocycles. The van der Waals surface area contributed by atoms with Crippen LogP contribution in [0.4, 0.5) is 0 Å². The first-order valence-corrected chi connectivity index (χ1v) is 11.1. The molecule has 4 heteroatoms. The van der Waals surface area contributed by atoms with Crippen LogP contribution < -0.4 is 0 Å². The van der Waals surface area contributed by atoms with Crippen LogP contribution in [0.5, 0.6) is 0 Å². The van der Waals surface area contributed by atoms with Crippen molar-refractivity contribution in [3.05, 3.63) is 58.2 Å². The molecule has 0 atom stereocenters. The number of carboxylic acids is 1. The lowest BCUT2D eigenvalue weighted by atomic mass is 9.72. The molecule has 1 saturated heterocycles. The Morgan fingerprint density at radius 1 is 1.17 bits per heavy atom. The molecule has 0 aromatic heterocycles. The average Bonchev–Trinajstić information content (AvgIpc) is 3.05. The molecule has 2 aliphatic rings. The third-order valence-corrected chi connectivity index (χ3v) is 6.30. The zero-order valence-corrected chi connectivity index (χ0v) is 19.3. The molecule has 0 spiro atoms. The van der Waals surface area contributed by atoms with Crippen molar-refractivity contribution >= 4 is 11.9 Å². The van der Waals surface area contributed by atoms with E-state index in [1.165, 1.54) is 30.4 Å². The fourth-order valence-electron chi connectivity index (χ4n) is 4.39. The second-order valence-electron chi connectivity index (χ2n) is 9.24. The summed E-state index contributed by atoms with van der Waals surface area (Å²) in [7, 11) is 0. The molecular formula is C26H37NO3. The monoisotopic (exact) mass is 411 g/mol. The van der Waals surface area contributed by atoms with Crippen LogP contribution in [0.15, 0.2) is 58.2 Å². The van der Waals surface area contributed by atoms with Crippen LogP contribution in [0.25, 0.3) is 0 Å². The van der Waals surface area contributed by atoms with Gasteiger partial charge in [-0.3, -0.25) is 4.79 Å². The third-order valence-electron chi connectivity index (χ3n) is 6.30. The van der Waals surface area contributed by atoms with E-state index in [1.54, 1.807) is 4.90 Å². The molecule has 0 unspecified atom stereocenters. The lowest BCUT2D eigenvalue weighted by Gasteiger charge is -2.32. The van der Waals surface area contributed by atoms with Crippen LogP contribution in [-0.4, -0.2) is 35.0 Å². The zero-order chi connectivity index (χ0) is 22.3. The lowest BCUT2D eigenvalue weighted by Crippen LogP contribution is -2.26. The van der Waals surface area contributed by atoms with Crippen LogP contribution in [-0.2, 0) is 9.59 Å². The zero-order valence-electron chi connectivity index (χ0n) is 19.3. The first-order valence-electron chi connectivity index (χ1n) is 11.1. The number of amides is 1. The van der Waals surface area contributed by atoms with E-state index in [0.29, 0.717) is 25.0 Å². The van der Waals surface area contributed by atoms with Gasteiger partial charge in [0.25, 0.3) is 0 Å². The van der Waals surface area contributed by atoms with Gasteiger partial charge in [-0.1, -0.05) is 55.4 Å². The van der Waals surface area contributed by atoms with E-state index in [1.807, 2.05) is 25.2 Å². The molecule has 30 heavy (non-hydrogen) atoms. The van der Waals surface area contributed by atoms with Gasteiger partial charge in [-0.15, -0.1) is 0 Å². The van der Waals surface area contributed by atoms with Crippen molar-refractivity contribution in [1.82, 2.24) is 4.90 Å². The Bertz CT molecular complexity index is 821. The Kier molecular flexibility index (Phi) is 8.45. The van der Waals surface area contributed by atoms with E-state index in [4.69, 9.17) is 0 Å². The number of likely N-dealkylation sites (tertiary alicyclic amines) is 1. The molecule has 4 nitrogen and oxygen atoms in total. The van der Waals surface area contributed by atoms with E-state index >= 15 is 0 Å². The summed E-state index contributed by atoms with van der Waals surface area (Å²) in [6.07, 6.45) is 15.6. The Balaban J connectivity index is 2.04. The van der Waals surface area contributed by atoms with E-state index < -0.39 is 5.97 Å². The summed E-state index contributed by atoms with van der Waals surface area (Å²) >= 11 is 0. The molecule has 2 rings (SSSR count). The molecule has 1 aliphatic carbocycles. The quantitative estimate of drug-likeness (QED) is 0.394. The van der Waals surface area contributed by atoms with Crippen molar-refractivity contribution in [1.29, 1.82) is 0 Å². The highest BCUT2D eigenvalue weighted by Crippen LogP contribution is 2.40. The fourth-order valence-corrected chi connectivity index (χ4v) is 4.39. The van der Waals surface area contributed by atoms with E-state index in [0.717, 1.165) is 24.1 Å². The van der Waals surface area contributed by atoms with E-state index in [9.17, 15) is 14.7 Å². The summed E-state index contributed by atoms with van der Waals surface area (Å²) in [5.41, 5.74) is 5.37. The molecule has 1 fully saturated rings. The molecule has 1 heterocycles. The fraction of sp³-hybridized carbons (Fsp3) is 0.538. The topological polar surface area (TPSA) is 57.6 Å². The van der Waals surface area contributed by atoms with Gasteiger partial charge in [0.1, 0.15) is 0 Å². The molecule has 0 radical (unpaired) electrons. The summed E-state index contributed by atoms with van der Waals surface area (Å²) in [5.74, 6) is -0.781. The molecule has 164 valence electrons. The second kappa shape index (κ2) is 10.6. The average molecular weight is 412 g/mol. The maximum absolute atomic E-state index is 11.7. The molecule has 1 N–H and O–H groups in total. The standard InChI is InChI=1S/C26H37NO3/c1-19(13-14-23-21(3)11-7-16-26(23,4)5)9-6-10-20(2)22(25(29)30)15-18-27-17-8-12-24(27)28/h6,9-10,13-14H,7-8,11-12,15-18H2,1-5H3,(H,29,30)/b10-6?,14-13+,19-9?,22-20-. The number of nitrogens with zero attached hydrogens (tertiary/aromatic N) is 1. The van der Waals surface area contributed by atoms with Crippen LogP contribution >= 0.6 is 0 Å². The number of carbonyl (C=O) groups excluding carboxylic acids is 1. The highest BCUT2D eigenvalue weighted by atomic mass is 16.4. The van der Waals surface area contributed by atoms with Crippen LogP contribution in [0.1, 0.15) is 73.1 Å². The molecule has 0 aromatic rings. The smallest absolute Gasteiger partial charge is 0.331 e. The van der Waals surface area contributed by atoms with Gasteiger partial charge in [-0.25, -0.2) is 4.79 Å². The Morgan fingerprint density at radius 3 is 2.50 bits per heavy atom. The van der Waals surface area contributed by atoms with Crippen molar-refractivity contribution in [2.45, 2.75) is 73.1 Å². The van der Waals surface area contributed by atoms with Crippen LogP contribution in [0.3, 0.4) is 0 Å². The van der Waals surface area contributed by atoms with Gasteiger partial charge >= 0.3 is 5.97 Å². The first kappa shape index (κ1) is 23.9. The normalized spacial score (nSPS) is 21.2. The van der Waals surface area contributed by atoms with Gasteiger partial charge in [0.05, 0.1) is 0 Å². The summed E-state index contributed by atoms with van der Waals surface area (Å²) < 4.78 is 0. The van der Waals surface area contributed by atoms with Crippen molar-refractivity contribution < 1.29 is 14.7 Å². The van der Waals surface area contributed by atoms with Crippen LogP contribution in [0.2, 0.25) is 0 Å². The Labute approximate surface area is 181 Å². The number of carboxylic acid groups (broad SMARTS) is 1. The van der Waals surface area contributed by atoms with Gasteiger partial charge < -0.3 is 10.0 Å². The van der Waals surface area contributed by atoms with Crippen molar-refractivity contribution in [2.24, 2.45) is 5.41 Å². The minimum Gasteiger partial charge on any atom is -0.478 e. The number of carbonyl (C=O) groups is 2. The van der Waals surface area contributed by atoms with Crippen molar-refractivity contribution in [3.8, 4) is 0 Å². The predicted octanol–water partition coefficient (Wildman–Crippen LogP) is 5.99. The highest BCUT2D eigenvalue weighted by Gasteiger charge is 2.26. The maximum atomic E-state index is 11.7. The number of hydrogen-bond donors (Lipinski definition) is 1. The summed E-state index contributed by atoms with van der Waals surface area (Å²) in [4.78, 5) is 25.2. The minimum absolute atomic E-state index is 0.129. The number of allylic oxidation sites excluding steroid dienone is 9. The number of aliphatic carboxylic acids is 1. The van der Waals surface area contributed by atoms with Crippen LogP contribution in [0, 0.1) is 5.41 Å². The van der Waals surface area contributed by atoms with Gasteiger partial charge in [0, 0.05) is 25.1 Å². The predicted molar refractivity (Wildman–Crippen MR) is 123 cm³/mol. The Hall–Kier alpha value is -2.36. The molecule has 0 aromatic carbocycles. The van der Waals surface area contributed by atoms with Gasteiger partial charge in [0.2, 0.25) is 5.91 Å². The van der Waals surface area contributed by atoms with Gasteiger partial charge in [-0.05, 0) is 69.4 Å². The summed E-state index contributed by atoms with van der Waals surface area (Å²) in [6, 6.07) is 0. The van der Waals surface area contributed by atoms with Crippen molar-refractivity contribution in [2.75, 3.05) is 13.1 Å². The largest absolute Gasteiger partial charge is 0.478 e. The van der Waals surface area contributed by atoms with E-state index in [2.05, 4.69) is 39.8 Å². The van der Waals surface area contributed by atoms with Gasteiger partial charge in [0.15, 0.2) is 0 Å². The molecule has 0 saturated carbocycles.